The average Bonchev–Trinajstić information content (AvgIpc) is 2.58. The smallest absolute Gasteiger partial charge is 0.239 e. The average molecular weight is 259 g/mol. The lowest BCUT2D eigenvalue weighted by Gasteiger charge is -2.18. The molecule has 1 aliphatic heterocycles. The fraction of sp³-hybridized carbons (Fsp3) is 0.800. The highest BCUT2D eigenvalue weighted by Gasteiger charge is 2.29. The highest BCUT2D eigenvalue weighted by molar-refractivity contribution is 7.89. The van der Waals surface area contributed by atoms with Crippen molar-refractivity contribution in [2.75, 3.05) is 25.4 Å². The Bertz CT molecular complexity index is 436. The first-order valence-electron chi connectivity index (χ1n) is 5.47. The van der Waals surface area contributed by atoms with Gasteiger partial charge in [0.1, 0.15) is 5.41 Å². The minimum absolute atomic E-state index is 0.185. The highest BCUT2D eigenvalue weighted by atomic mass is 32.2. The van der Waals surface area contributed by atoms with Crippen LogP contribution in [0.2, 0.25) is 0 Å². The molecule has 1 rings (SSSR count). The third kappa shape index (κ3) is 3.41. The van der Waals surface area contributed by atoms with Gasteiger partial charge in [-0.15, -0.1) is 0 Å². The van der Waals surface area contributed by atoms with E-state index >= 15 is 0 Å². The molecule has 0 aromatic carbocycles. The van der Waals surface area contributed by atoms with Gasteiger partial charge in [0.25, 0.3) is 0 Å². The molecule has 0 unspecified atom stereocenters. The summed E-state index contributed by atoms with van der Waals surface area (Å²) in [6, 6.07) is 1.89. The van der Waals surface area contributed by atoms with Crippen LogP contribution in [0, 0.1) is 16.7 Å². The lowest BCUT2D eigenvalue weighted by molar-refractivity contribution is -0.126. The molecule has 6 nitrogen and oxygen atoms in total. The summed E-state index contributed by atoms with van der Waals surface area (Å²) in [7, 11) is -3.11. The van der Waals surface area contributed by atoms with Gasteiger partial charge >= 0.3 is 0 Å². The molecule has 0 bridgehead atoms. The highest BCUT2D eigenvalue weighted by Crippen LogP contribution is 2.14. The molecule has 0 atom stereocenters. The molecule has 1 fully saturated rings. The van der Waals surface area contributed by atoms with Crippen molar-refractivity contribution >= 4 is 15.9 Å². The molecule has 0 aromatic rings. The van der Waals surface area contributed by atoms with Crippen LogP contribution in [0.4, 0.5) is 0 Å². The van der Waals surface area contributed by atoms with Crippen molar-refractivity contribution in [2.45, 2.75) is 20.3 Å². The van der Waals surface area contributed by atoms with Crippen molar-refractivity contribution < 1.29 is 13.2 Å². The second kappa shape index (κ2) is 5.02. The lowest BCUT2D eigenvalue weighted by atomic mass is 9.95. The molecule has 17 heavy (non-hydrogen) atoms. The predicted octanol–water partition coefficient (Wildman–Crippen LogP) is -0.312. The standard InChI is InChI=1S/C10H17N3O3S/c1-10(2,8-11)9(14)12-4-6-13-5-3-7-17(13,15)16/h3-7H2,1-2H3,(H,12,14). The van der Waals surface area contributed by atoms with E-state index in [-0.39, 0.29) is 24.7 Å². The minimum atomic E-state index is -3.11. The number of amides is 1. The van der Waals surface area contributed by atoms with Gasteiger partial charge in [0.2, 0.25) is 15.9 Å². The van der Waals surface area contributed by atoms with Crippen LogP contribution in [0.5, 0.6) is 0 Å². The number of sulfonamides is 1. The van der Waals surface area contributed by atoms with Crippen LogP contribution in [0.25, 0.3) is 0 Å². The fourth-order valence-electron chi connectivity index (χ4n) is 1.51. The van der Waals surface area contributed by atoms with Crippen molar-refractivity contribution in [1.82, 2.24) is 9.62 Å². The molecular formula is C10H17N3O3S. The van der Waals surface area contributed by atoms with Gasteiger partial charge in [-0.25, -0.2) is 12.7 Å². The summed E-state index contributed by atoms with van der Waals surface area (Å²) in [6.45, 7) is 4.07. The molecule has 96 valence electrons. The summed E-state index contributed by atoms with van der Waals surface area (Å²) in [4.78, 5) is 11.5. The molecule has 1 N–H and O–H groups in total. The van der Waals surface area contributed by atoms with Crippen LogP contribution in [0.3, 0.4) is 0 Å². The SMILES string of the molecule is CC(C)(C#N)C(=O)NCCN1CCCS1(=O)=O. The van der Waals surface area contributed by atoms with Crippen LogP contribution >= 0.6 is 0 Å². The molecule has 0 saturated carbocycles. The van der Waals surface area contributed by atoms with E-state index in [1.807, 2.05) is 6.07 Å². The van der Waals surface area contributed by atoms with Gasteiger partial charge in [-0.2, -0.15) is 5.26 Å². The number of rotatable bonds is 4. The predicted molar refractivity (Wildman–Crippen MR) is 62.4 cm³/mol. The second-order valence-corrected chi connectivity index (χ2v) is 6.65. The van der Waals surface area contributed by atoms with Gasteiger partial charge in [-0.1, -0.05) is 0 Å². The van der Waals surface area contributed by atoms with E-state index in [9.17, 15) is 13.2 Å². The van der Waals surface area contributed by atoms with Crippen LogP contribution in [-0.2, 0) is 14.8 Å². The molecule has 0 radical (unpaired) electrons. The number of nitriles is 1. The van der Waals surface area contributed by atoms with E-state index < -0.39 is 15.4 Å². The Morgan fingerprint density at radius 2 is 2.18 bits per heavy atom. The number of nitrogens with one attached hydrogen (secondary N) is 1. The molecule has 0 aliphatic carbocycles. The van der Waals surface area contributed by atoms with E-state index in [2.05, 4.69) is 5.32 Å². The fourth-order valence-corrected chi connectivity index (χ4v) is 3.04. The molecule has 1 heterocycles. The number of carbonyl (C=O) groups is 1. The van der Waals surface area contributed by atoms with Crippen LogP contribution in [-0.4, -0.2) is 44.0 Å². The number of carbonyl (C=O) groups excluding carboxylic acids is 1. The summed E-state index contributed by atoms with van der Waals surface area (Å²) < 4.78 is 24.3. The Balaban J connectivity index is 2.40. The van der Waals surface area contributed by atoms with Gasteiger partial charge in [-0.05, 0) is 20.3 Å². The third-order valence-electron chi connectivity index (χ3n) is 2.70. The Labute approximate surface area is 102 Å². The minimum Gasteiger partial charge on any atom is -0.353 e. The number of nitrogens with zero attached hydrogens (tertiary/aromatic N) is 2. The van der Waals surface area contributed by atoms with E-state index in [0.717, 1.165) is 0 Å². The summed E-state index contributed by atoms with van der Waals surface area (Å²) >= 11 is 0. The van der Waals surface area contributed by atoms with Crippen LogP contribution < -0.4 is 5.32 Å². The Morgan fingerprint density at radius 3 is 2.65 bits per heavy atom. The largest absolute Gasteiger partial charge is 0.353 e. The van der Waals surface area contributed by atoms with Crippen molar-refractivity contribution in [3.8, 4) is 6.07 Å². The van der Waals surface area contributed by atoms with Gasteiger partial charge < -0.3 is 5.32 Å². The van der Waals surface area contributed by atoms with Gasteiger partial charge in [0.15, 0.2) is 0 Å². The maximum absolute atomic E-state index is 11.5. The van der Waals surface area contributed by atoms with Crippen molar-refractivity contribution in [3.05, 3.63) is 0 Å². The normalized spacial score (nSPS) is 19.8. The monoisotopic (exact) mass is 259 g/mol. The van der Waals surface area contributed by atoms with E-state index in [1.54, 1.807) is 0 Å². The molecule has 7 heteroatoms. The first-order chi connectivity index (χ1) is 7.79. The van der Waals surface area contributed by atoms with E-state index in [1.165, 1.54) is 18.2 Å². The molecule has 0 spiro atoms. The topological polar surface area (TPSA) is 90.3 Å². The van der Waals surface area contributed by atoms with Crippen molar-refractivity contribution in [1.29, 1.82) is 5.26 Å². The lowest BCUT2D eigenvalue weighted by Crippen LogP contribution is -2.41. The molecule has 1 aliphatic rings. The zero-order chi connectivity index (χ0) is 13.1. The van der Waals surface area contributed by atoms with E-state index in [0.29, 0.717) is 13.0 Å². The van der Waals surface area contributed by atoms with Crippen LogP contribution in [0.1, 0.15) is 20.3 Å². The van der Waals surface area contributed by atoms with Gasteiger partial charge in [0, 0.05) is 19.6 Å². The molecule has 0 aromatic heterocycles. The number of hydrogen-bond acceptors (Lipinski definition) is 4. The maximum Gasteiger partial charge on any atom is 0.239 e. The van der Waals surface area contributed by atoms with Crippen molar-refractivity contribution in [3.63, 3.8) is 0 Å². The Morgan fingerprint density at radius 1 is 1.53 bits per heavy atom. The second-order valence-electron chi connectivity index (χ2n) is 4.56. The maximum atomic E-state index is 11.5. The van der Waals surface area contributed by atoms with E-state index in [4.69, 9.17) is 5.26 Å². The summed E-state index contributed by atoms with van der Waals surface area (Å²) in [5.41, 5.74) is -1.08. The zero-order valence-corrected chi connectivity index (χ0v) is 10.9. The van der Waals surface area contributed by atoms with Crippen molar-refractivity contribution in [2.24, 2.45) is 5.41 Å². The van der Waals surface area contributed by atoms with Gasteiger partial charge in [0.05, 0.1) is 11.8 Å². The molecule has 1 saturated heterocycles. The summed E-state index contributed by atoms with van der Waals surface area (Å²) in [5.74, 6) is -0.193. The third-order valence-corrected chi connectivity index (χ3v) is 4.65. The Hall–Kier alpha value is -1.13. The Kier molecular flexibility index (Phi) is 4.11. The van der Waals surface area contributed by atoms with Gasteiger partial charge in [-0.3, -0.25) is 4.79 Å². The molecule has 1 amide bonds. The first-order valence-corrected chi connectivity index (χ1v) is 7.08. The summed E-state index contributed by atoms with van der Waals surface area (Å²) in [5, 5.41) is 11.3. The quantitative estimate of drug-likeness (QED) is 0.749. The zero-order valence-electron chi connectivity index (χ0n) is 10.1. The first kappa shape index (κ1) is 13.9. The summed E-state index contributed by atoms with van der Waals surface area (Å²) in [6.07, 6.45) is 0.639. The number of hydrogen-bond donors (Lipinski definition) is 1. The van der Waals surface area contributed by atoms with Crippen LogP contribution in [0.15, 0.2) is 0 Å². The molecular weight excluding hydrogens is 242 g/mol.